The number of benzene rings is 1. The van der Waals surface area contributed by atoms with Gasteiger partial charge in [-0.05, 0) is 25.1 Å². The number of carbonyl (C=O) groups is 1. The lowest BCUT2D eigenvalue weighted by Crippen LogP contribution is -2.06. The molecule has 4 nitrogen and oxygen atoms in total. The zero-order valence-corrected chi connectivity index (χ0v) is 9.86. The standard InChI is InChI=1S/C9H12N2O2.2ClH/c1-2-13-9(12)6-3-4-7(10)8(11)5-6;;/h3-5H,2,10-11H2,1H3;2*1H. The highest BCUT2D eigenvalue weighted by atomic mass is 35.5. The molecule has 1 aromatic carbocycles. The molecule has 4 N–H and O–H groups in total. The monoisotopic (exact) mass is 252 g/mol. The second kappa shape index (κ2) is 7.20. The molecule has 0 aromatic heterocycles. The largest absolute Gasteiger partial charge is 0.462 e. The Morgan fingerprint density at radius 2 is 1.87 bits per heavy atom. The molecule has 0 saturated heterocycles. The van der Waals surface area contributed by atoms with Crippen molar-refractivity contribution in [2.24, 2.45) is 0 Å². The predicted octanol–water partition coefficient (Wildman–Crippen LogP) is 1.87. The van der Waals surface area contributed by atoms with Crippen LogP contribution in [0.15, 0.2) is 18.2 Å². The van der Waals surface area contributed by atoms with Crippen molar-refractivity contribution in [2.45, 2.75) is 6.92 Å². The summed E-state index contributed by atoms with van der Waals surface area (Å²) in [5, 5.41) is 0. The molecule has 0 spiro atoms. The van der Waals surface area contributed by atoms with E-state index in [0.717, 1.165) is 0 Å². The van der Waals surface area contributed by atoms with Gasteiger partial charge in [-0.15, -0.1) is 24.8 Å². The highest BCUT2D eigenvalue weighted by Gasteiger charge is 2.06. The van der Waals surface area contributed by atoms with Gasteiger partial charge in [0.1, 0.15) is 0 Å². The molecule has 1 rings (SSSR count). The van der Waals surface area contributed by atoms with E-state index in [9.17, 15) is 4.79 Å². The van der Waals surface area contributed by atoms with Gasteiger partial charge >= 0.3 is 5.97 Å². The van der Waals surface area contributed by atoms with Gasteiger partial charge in [0.25, 0.3) is 0 Å². The first kappa shape index (κ1) is 16.3. The first-order valence-electron chi connectivity index (χ1n) is 3.97. The Morgan fingerprint density at radius 3 is 2.33 bits per heavy atom. The number of esters is 1. The molecule has 0 unspecified atom stereocenters. The minimum absolute atomic E-state index is 0. The molecule has 86 valence electrons. The van der Waals surface area contributed by atoms with Crippen LogP contribution in [-0.4, -0.2) is 12.6 Å². The van der Waals surface area contributed by atoms with E-state index in [1.54, 1.807) is 19.1 Å². The maximum atomic E-state index is 11.2. The van der Waals surface area contributed by atoms with Crippen LogP contribution in [0.5, 0.6) is 0 Å². The lowest BCUT2D eigenvalue weighted by molar-refractivity contribution is 0.0526. The third kappa shape index (κ3) is 4.27. The van der Waals surface area contributed by atoms with Crippen molar-refractivity contribution in [3.63, 3.8) is 0 Å². The predicted molar refractivity (Wildman–Crippen MR) is 65.7 cm³/mol. The van der Waals surface area contributed by atoms with Crippen molar-refractivity contribution in [3.8, 4) is 0 Å². The van der Waals surface area contributed by atoms with E-state index in [1.165, 1.54) is 6.07 Å². The minimum atomic E-state index is -0.380. The van der Waals surface area contributed by atoms with Crippen molar-refractivity contribution >= 4 is 42.2 Å². The average molecular weight is 253 g/mol. The van der Waals surface area contributed by atoms with Gasteiger partial charge < -0.3 is 16.2 Å². The van der Waals surface area contributed by atoms with E-state index in [1.807, 2.05) is 0 Å². The van der Waals surface area contributed by atoms with Crippen LogP contribution < -0.4 is 11.5 Å². The van der Waals surface area contributed by atoms with Gasteiger partial charge in [0.2, 0.25) is 0 Å². The van der Waals surface area contributed by atoms with Crippen molar-refractivity contribution in [1.29, 1.82) is 0 Å². The molecule has 0 atom stereocenters. The second-order valence-corrected chi connectivity index (χ2v) is 2.56. The van der Waals surface area contributed by atoms with E-state index in [-0.39, 0.29) is 30.8 Å². The fraction of sp³-hybridized carbons (Fsp3) is 0.222. The minimum Gasteiger partial charge on any atom is -0.462 e. The highest BCUT2D eigenvalue weighted by molar-refractivity contribution is 5.91. The number of halogens is 2. The number of hydrogen-bond acceptors (Lipinski definition) is 4. The van der Waals surface area contributed by atoms with Crippen LogP contribution in [0, 0.1) is 0 Å². The van der Waals surface area contributed by atoms with Crippen molar-refractivity contribution in [3.05, 3.63) is 23.8 Å². The summed E-state index contributed by atoms with van der Waals surface area (Å²) < 4.78 is 4.79. The zero-order chi connectivity index (χ0) is 9.84. The SMILES string of the molecule is CCOC(=O)c1ccc(N)c(N)c1.Cl.Cl. The Bertz CT molecular complexity index is 332. The molecular weight excluding hydrogens is 239 g/mol. The van der Waals surface area contributed by atoms with E-state index in [4.69, 9.17) is 16.2 Å². The molecule has 0 heterocycles. The average Bonchev–Trinajstić information content (AvgIpc) is 2.10. The van der Waals surface area contributed by atoms with E-state index < -0.39 is 0 Å². The summed E-state index contributed by atoms with van der Waals surface area (Å²) in [5.41, 5.74) is 12.3. The third-order valence-electron chi connectivity index (χ3n) is 1.60. The van der Waals surface area contributed by atoms with Gasteiger partial charge in [-0.2, -0.15) is 0 Å². The number of nitrogens with two attached hydrogens (primary N) is 2. The number of nitrogen functional groups attached to an aromatic ring is 2. The van der Waals surface area contributed by atoms with E-state index >= 15 is 0 Å². The summed E-state index contributed by atoms with van der Waals surface area (Å²) in [6.07, 6.45) is 0. The summed E-state index contributed by atoms with van der Waals surface area (Å²) in [6, 6.07) is 4.68. The normalized spacial score (nSPS) is 8.33. The van der Waals surface area contributed by atoms with Crippen LogP contribution in [0.4, 0.5) is 11.4 Å². The van der Waals surface area contributed by atoms with Crippen molar-refractivity contribution in [2.75, 3.05) is 18.1 Å². The van der Waals surface area contributed by atoms with Crippen LogP contribution in [0.3, 0.4) is 0 Å². The van der Waals surface area contributed by atoms with Crippen LogP contribution in [-0.2, 0) is 4.74 Å². The molecule has 0 bridgehead atoms. The quantitative estimate of drug-likeness (QED) is 0.623. The lowest BCUT2D eigenvalue weighted by atomic mass is 10.2. The Hall–Kier alpha value is -1.13. The number of carbonyl (C=O) groups excluding carboxylic acids is 1. The molecule has 0 fully saturated rings. The molecule has 6 heteroatoms. The summed E-state index contributed by atoms with van der Waals surface area (Å²) in [6.45, 7) is 2.10. The Morgan fingerprint density at radius 1 is 1.27 bits per heavy atom. The fourth-order valence-corrected chi connectivity index (χ4v) is 0.916. The van der Waals surface area contributed by atoms with Crippen LogP contribution in [0.25, 0.3) is 0 Å². The van der Waals surface area contributed by atoms with Gasteiger partial charge in [-0.25, -0.2) is 4.79 Å². The smallest absolute Gasteiger partial charge is 0.338 e. The van der Waals surface area contributed by atoms with Gasteiger partial charge in [0, 0.05) is 0 Å². The molecule has 0 aliphatic heterocycles. The zero-order valence-electron chi connectivity index (χ0n) is 8.23. The summed E-state index contributed by atoms with van der Waals surface area (Å²) in [7, 11) is 0. The lowest BCUT2D eigenvalue weighted by Gasteiger charge is -2.03. The number of ether oxygens (including phenoxy) is 1. The van der Waals surface area contributed by atoms with Crippen LogP contribution in [0.1, 0.15) is 17.3 Å². The molecule has 1 aromatic rings. The van der Waals surface area contributed by atoms with E-state index in [2.05, 4.69) is 0 Å². The first-order valence-corrected chi connectivity index (χ1v) is 3.97. The Labute approximate surface area is 101 Å². The van der Waals surface area contributed by atoms with Crippen LogP contribution >= 0.6 is 24.8 Å². The number of anilines is 2. The molecule has 0 aliphatic carbocycles. The van der Waals surface area contributed by atoms with E-state index in [0.29, 0.717) is 23.5 Å². The third-order valence-corrected chi connectivity index (χ3v) is 1.60. The highest BCUT2D eigenvalue weighted by Crippen LogP contribution is 2.16. The summed E-state index contributed by atoms with van der Waals surface area (Å²) in [4.78, 5) is 11.2. The topological polar surface area (TPSA) is 78.3 Å². The summed E-state index contributed by atoms with van der Waals surface area (Å²) >= 11 is 0. The number of hydrogen-bond donors (Lipinski definition) is 2. The van der Waals surface area contributed by atoms with Crippen LogP contribution in [0.2, 0.25) is 0 Å². The maximum absolute atomic E-state index is 11.2. The Kier molecular flexibility index (Phi) is 7.83. The van der Waals surface area contributed by atoms with Crippen molar-refractivity contribution < 1.29 is 9.53 Å². The molecule has 0 radical (unpaired) electrons. The van der Waals surface area contributed by atoms with Gasteiger partial charge in [-0.1, -0.05) is 0 Å². The van der Waals surface area contributed by atoms with Gasteiger partial charge in [0.05, 0.1) is 23.5 Å². The molecule has 0 aliphatic rings. The molecule has 0 amide bonds. The maximum Gasteiger partial charge on any atom is 0.338 e. The van der Waals surface area contributed by atoms with Gasteiger partial charge in [-0.3, -0.25) is 0 Å². The first-order chi connectivity index (χ1) is 6.15. The number of rotatable bonds is 2. The second-order valence-electron chi connectivity index (χ2n) is 2.56. The summed E-state index contributed by atoms with van der Waals surface area (Å²) in [5.74, 6) is -0.380. The Balaban J connectivity index is 0. The fourth-order valence-electron chi connectivity index (χ4n) is 0.916. The van der Waals surface area contributed by atoms with Crippen molar-refractivity contribution in [1.82, 2.24) is 0 Å². The molecule has 15 heavy (non-hydrogen) atoms. The molecular formula is C9H14Cl2N2O2. The van der Waals surface area contributed by atoms with Gasteiger partial charge in [0.15, 0.2) is 0 Å². The molecule has 0 saturated carbocycles.